The van der Waals surface area contributed by atoms with E-state index in [2.05, 4.69) is 4.99 Å². The molecule has 0 aromatic heterocycles. The number of esters is 4. The third kappa shape index (κ3) is 7.00. The SMILES string of the molecule is CC(=O)OC[C@H]1O[C@@H](Oc2ccc3c(c2)CCC2=CC(=O)C=CC2=N3)[C@H](OC(C)=O)[C@@H](OC(C)=O)[C@H]1OC(C)=O. The zero-order valence-corrected chi connectivity index (χ0v) is 22.4. The summed E-state index contributed by atoms with van der Waals surface area (Å²) in [6, 6.07) is 5.14. The number of benzene rings is 1. The van der Waals surface area contributed by atoms with Gasteiger partial charge in [-0.05, 0) is 60.4 Å². The van der Waals surface area contributed by atoms with Gasteiger partial charge in [-0.1, -0.05) is 0 Å². The van der Waals surface area contributed by atoms with E-state index >= 15 is 0 Å². The first kappa shape index (κ1) is 28.7. The van der Waals surface area contributed by atoms with Gasteiger partial charge in [0, 0.05) is 27.7 Å². The number of ether oxygens (including phenoxy) is 6. The highest BCUT2D eigenvalue weighted by Crippen LogP contribution is 2.35. The van der Waals surface area contributed by atoms with Crippen LogP contribution >= 0.6 is 0 Å². The van der Waals surface area contributed by atoms with E-state index in [1.165, 1.54) is 13.0 Å². The Labute approximate surface area is 229 Å². The van der Waals surface area contributed by atoms with Crippen molar-refractivity contribution in [2.45, 2.75) is 71.2 Å². The third-order valence-corrected chi connectivity index (χ3v) is 6.21. The molecule has 4 rings (SSSR count). The summed E-state index contributed by atoms with van der Waals surface area (Å²) in [5.41, 5.74) is 3.09. The summed E-state index contributed by atoms with van der Waals surface area (Å²) in [5.74, 6) is -2.57. The van der Waals surface area contributed by atoms with Gasteiger partial charge in [0.1, 0.15) is 18.5 Å². The minimum atomic E-state index is -1.35. The molecule has 2 heterocycles. The first-order valence-corrected chi connectivity index (χ1v) is 12.6. The molecule has 1 aliphatic carbocycles. The summed E-state index contributed by atoms with van der Waals surface area (Å²) < 4.78 is 33.5. The lowest BCUT2D eigenvalue weighted by Gasteiger charge is -2.43. The van der Waals surface area contributed by atoms with Crippen molar-refractivity contribution in [3.63, 3.8) is 0 Å². The monoisotopic (exact) mass is 555 g/mol. The van der Waals surface area contributed by atoms with Crippen LogP contribution in [0.5, 0.6) is 5.75 Å². The van der Waals surface area contributed by atoms with E-state index in [9.17, 15) is 24.0 Å². The van der Waals surface area contributed by atoms with Crippen LogP contribution in [-0.4, -0.2) is 72.7 Å². The summed E-state index contributed by atoms with van der Waals surface area (Å²) in [6.45, 7) is 4.28. The first-order valence-electron chi connectivity index (χ1n) is 12.6. The minimum Gasteiger partial charge on any atom is -0.463 e. The molecule has 1 saturated heterocycles. The number of carbonyl (C=O) groups is 5. The van der Waals surface area contributed by atoms with Gasteiger partial charge in [0.15, 0.2) is 18.0 Å². The fourth-order valence-electron chi connectivity index (χ4n) is 4.63. The van der Waals surface area contributed by atoms with Gasteiger partial charge >= 0.3 is 23.9 Å². The lowest BCUT2D eigenvalue weighted by Crippen LogP contribution is -2.63. The second-order valence-electron chi connectivity index (χ2n) is 9.38. The highest BCUT2D eigenvalue weighted by molar-refractivity contribution is 6.20. The molecule has 212 valence electrons. The molecule has 2 aliphatic heterocycles. The molecular formula is C28H29NO11. The molecule has 12 heteroatoms. The van der Waals surface area contributed by atoms with Crippen molar-refractivity contribution in [1.82, 2.24) is 0 Å². The Morgan fingerprint density at radius 2 is 1.55 bits per heavy atom. The number of carbonyl (C=O) groups excluding carboxylic acids is 5. The van der Waals surface area contributed by atoms with E-state index in [1.54, 1.807) is 30.4 Å². The number of hydrogen-bond acceptors (Lipinski definition) is 12. The lowest BCUT2D eigenvalue weighted by molar-refractivity contribution is -0.288. The Hall–Kier alpha value is -4.32. The maximum Gasteiger partial charge on any atom is 0.303 e. The van der Waals surface area contributed by atoms with Crippen LogP contribution < -0.4 is 4.74 Å². The number of allylic oxidation sites excluding steroid dienone is 4. The van der Waals surface area contributed by atoms with Crippen molar-refractivity contribution in [2.24, 2.45) is 4.99 Å². The Bertz CT molecular complexity index is 1310. The van der Waals surface area contributed by atoms with E-state index in [0.717, 1.165) is 31.9 Å². The Balaban J connectivity index is 1.66. The van der Waals surface area contributed by atoms with Crippen molar-refractivity contribution in [3.05, 3.63) is 47.6 Å². The molecule has 3 aliphatic rings. The standard InChI is InChI=1S/C28H29NO11/c1-14(30)35-13-24-25(36-15(2)31)26(37-16(3)32)27(38-17(4)33)28(40-24)39-21-8-10-23-19(12-21)6-5-18-11-20(34)7-9-22(18)29-23/h7-12,24-28H,5-6,13H2,1-4H3/t24-,25+,26+,27-,28-/m1/s1. The number of nitrogens with zero attached hydrogens (tertiary/aromatic N) is 1. The fraction of sp³-hybridized carbons (Fsp3) is 0.429. The zero-order chi connectivity index (χ0) is 29.0. The van der Waals surface area contributed by atoms with Crippen LogP contribution in [0, 0.1) is 0 Å². The molecule has 0 N–H and O–H groups in total. The van der Waals surface area contributed by atoms with Gasteiger partial charge in [-0.25, -0.2) is 4.99 Å². The van der Waals surface area contributed by atoms with Gasteiger partial charge in [-0.3, -0.25) is 24.0 Å². The number of fused-ring (bicyclic) bond motifs is 2. The molecule has 1 fully saturated rings. The summed E-state index contributed by atoms with van der Waals surface area (Å²) in [6.07, 6.45) is -0.542. The zero-order valence-electron chi connectivity index (χ0n) is 22.4. The van der Waals surface area contributed by atoms with Crippen molar-refractivity contribution in [2.75, 3.05) is 6.61 Å². The molecule has 12 nitrogen and oxygen atoms in total. The number of aryl methyl sites for hydroxylation is 1. The van der Waals surface area contributed by atoms with Gasteiger partial charge in [-0.2, -0.15) is 0 Å². The van der Waals surface area contributed by atoms with Crippen LogP contribution in [0.3, 0.4) is 0 Å². The summed E-state index contributed by atoms with van der Waals surface area (Å²) in [7, 11) is 0. The van der Waals surface area contributed by atoms with Crippen LogP contribution in [0.25, 0.3) is 0 Å². The molecule has 0 unspecified atom stereocenters. The first-order chi connectivity index (χ1) is 19.0. The maximum atomic E-state index is 12.0. The van der Waals surface area contributed by atoms with E-state index in [-0.39, 0.29) is 12.4 Å². The third-order valence-electron chi connectivity index (χ3n) is 6.21. The Morgan fingerprint density at radius 3 is 2.23 bits per heavy atom. The van der Waals surface area contributed by atoms with E-state index in [0.29, 0.717) is 30.0 Å². The summed E-state index contributed by atoms with van der Waals surface area (Å²) in [4.78, 5) is 64.0. The van der Waals surface area contributed by atoms with Crippen molar-refractivity contribution >= 4 is 41.1 Å². The lowest BCUT2D eigenvalue weighted by atomic mass is 9.97. The van der Waals surface area contributed by atoms with Gasteiger partial charge in [0.2, 0.25) is 12.4 Å². The second-order valence-corrected chi connectivity index (χ2v) is 9.38. The molecule has 0 saturated carbocycles. The van der Waals surface area contributed by atoms with E-state index < -0.39 is 54.6 Å². The second kappa shape index (κ2) is 12.2. The fourth-order valence-corrected chi connectivity index (χ4v) is 4.63. The highest BCUT2D eigenvalue weighted by Gasteiger charge is 2.53. The van der Waals surface area contributed by atoms with Crippen molar-refractivity contribution in [1.29, 1.82) is 0 Å². The molecular weight excluding hydrogens is 526 g/mol. The molecule has 1 aromatic rings. The van der Waals surface area contributed by atoms with Gasteiger partial charge in [-0.15, -0.1) is 0 Å². The number of aliphatic imine (C=N–C) groups is 1. The van der Waals surface area contributed by atoms with Crippen LogP contribution in [0.2, 0.25) is 0 Å². The molecule has 0 bridgehead atoms. The Morgan fingerprint density at radius 1 is 0.875 bits per heavy atom. The quantitative estimate of drug-likeness (QED) is 0.276. The minimum absolute atomic E-state index is 0.0902. The largest absolute Gasteiger partial charge is 0.463 e. The highest BCUT2D eigenvalue weighted by atomic mass is 16.7. The average Bonchev–Trinajstić information content (AvgIpc) is 3.04. The van der Waals surface area contributed by atoms with Crippen LogP contribution in [0.4, 0.5) is 5.69 Å². The average molecular weight is 556 g/mol. The predicted molar refractivity (Wildman–Crippen MR) is 137 cm³/mol. The van der Waals surface area contributed by atoms with Crippen LogP contribution in [0.1, 0.15) is 39.7 Å². The predicted octanol–water partition coefficient (Wildman–Crippen LogP) is 2.23. The Kier molecular flexibility index (Phi) is 8.78. The molecule has 1 aromatic carbocycles. The molecule has 5 atom stereocenters. The van der Waals surface area contributed by atoms with Crippen molar-refractivity contribution < 1.29 is 52.4 Å². The normalized spacial score (nSPS) is 25.2. The molecule has 0 spiro atoms. The van der Waals surface area contributed by atoms with E-state index in [4.69, 9.17) is 28.4 Å². The van der Waals surface area contributed by atoms with Gasteiger partial charge < -0.3 is 28.4 Å². The van der Waals surface area contributed by atoms with Gasteiger partial charge in [0.05, 0.1) is 11.4 Å². The molecule has 0 radical (unpaired) electrons. The summed E-state index contributed by atoms with van der Waals surface area (Å²) >= 11 is 0. The van der Waals surface area contributed by atoms with Gasteiger partial charge in [0.25, 0.3) is 0 Å². The molecule has 0 amide bonds. The molecule has 40 heavy (non-hydrogen) atoms. The van der Waals surface area contributed by atoms with Crippen LogP contribution in [0.15, 0.2) is 47.0 Å². The smallest absolute Gasteiger partial charge is 0.303 e. The summed E-state index contributed by atoms with van der Waals surface area (Å²) in [5, 5.41) is 0. The maximum absolute atomic E-state index is 12.0. The van der Waals surface area contributed by atoms with Crippen LogP contribution in [-0.2, 0) is 54.1 Å². The van der Waals surface area contributed by atoms with Crippen molar-refractivity contribution in [3.8, 4) is 5.75 Å². The topological polar surface area (TPSA) is 153 Å². The number of rotatable bonds is 7. The number of hydrogen-bond donors (Lipinski definition) is 0. The number of ketones is 1. The van der Waals surface area contributed by atoms with E-state index in [1.807, 2.05) is 0 Å².